The number of piperidine rings is 1. The van der Waals surface area contributed by atoms with Gasteiger partial charge in [-0.15, -0.1) is 5.10 Å². The van der Waals surface area contributed by atoms with Crippen LogP contribution in [0.15, 0.2) is 35.5 Å². The van der Waals surface area contributed by atoms with E-state index in [1.54, 1.807) is 24.3 Å². The number of hydrogen-bond donors (Lipinski definition) is 1. The number of nitrogens with zero attached hydrogens (tertiary/aromatic N) is 5. The molecule has 1 aliphatic heterocycles. The second kappa shape index (κ2) is 6.76. The van der Waals surface area contributed by atoms with E-state index >= 15 is 0 Å². The summed E-state index contributed by atoms with van der Waals surface area (Å²) in [6, 6.07) is 6.68. The zero-order valence-corrected chi connectivity index (χ0v) is 15.0. The van der Waals surface area contributed by atoms with Crippen molar-refractivity contribution < 1.29 is 13.2 Å². The van der Waals surface area contributed by atoms with Gasteiger partial charge in [-0.2, -0.15) is 4.31 Å². The van der Waals surface area contributed by atoms with E-state index in [1.165, 1.54) is 15.3 Å². The summed E-state index contributed by atoms with van der Waals surface area (Å²) in [7, 11) is -3.63. The molecule has 0 radical (unpaired) electrons. The zero-order valence-electron chi connectivity index (χ0n) is 14.2. The lowest BCUT2D eigenvalue weighted by atomic mass is 9.99. The van der Waals surface area contributed by atoms with Crippen molar-refractivity contribution in [1.29, 1.82) is 0 Å². The smallest absolute Gasteiger partial charge is 0.243 e. The Morgan fingerprint density at radius 1 is 1.15 bits per heavy atom. The third-order valence-electron chi connectivity index (χ3n) is 4.77. The molecule has 26 heavy (non-hydrogen) atoms. The number of nitrogens with one attached hydrogen (secondary N) is 1. The van der Waals surface area contributed by atoms with Crippen molar-refractivity contribution in [2.45, 2.75) is 36.6 Å². The molecule has 1 aromatic carbocycles. The topological polar surface area (TPSA) is 110 Å². The molecular weight excluding hydrogens is 356 g/mol. The van der Waals surface area contributed by atoms with Crippen molar-refractivity contribution in [2.75, 3.05) is 13.1 Å². The highest BCUT2D eigenvalue weighted by atomic mass is 32.2. The Kier molecular flexibility index (Phi) is 4.45. The predicted octanol–water partition coefficient (Wildman–Crippen LogP) is 0.342. The molecule has 2 heterocycles. The Morgan fingerprint density at radius 3 is 2.58 bits per heavy atom. The first kappa shape index (κ1) is 17.1. The van der Waals surface area contributed by atoms with E-state index in [4.69, 9.17) is 0 Å². The van der Waals surface area contributed by atoms with Crippen molar-refractivity contribution in [2.24, 2.45) is 5.92 Å². The SMILES string of the molecule is O=C(NC1CC1)[C@H]1CCCN(S(=O)(=O)c2ccc(-n3cnnn3)cc2)C1. The average Bonchev–Trinajstić information content (AvgIpc) is 3.31. The highest BCUT2D eigenvalue weighted by Gasteiger charge is 2.35. The van der Waals surface area contributed by atoms with E-state index in [9.17, 15) is 13.2 Å². The van der Waals surface area contributed by atoms with Crippen LogP contribution >= 0.6 is 0 Å². The molecule has 0 bridgehead atoms. The molecule has 1 N–H and O–H groups in total. The molecule has 9 nitrogen and oxygen atoms in total. The highest BCUT2D eigenvalue weighted by Crippen LogP contribution is 2.26. The van der Waals surface area contributed by atoms with Crippen molar-refractivity contribution in [3.8, 4) is 5.69 Å². The molecule has 1 aromatic heterocycles. The molecule has 2 aliphatic rings. The van der Waals surface area contributed by atoms with Gasteiger partial charge in [-0.3, -0.25) is 4.79 Å². The second-order valence-electron chi connectivity index (χ2n) is 6.73. The molecular formula is C16H20N6O3S. The summed E-state index contributed by atoms with van der Waals surface area (Å²) in [5.41, 5.74) is 0.675. The third-order valence-corrected chi connectivity index (χ3v) is 6.65. The Morgan fingerprint density at radius 2 is 1.92 bits per heavy atom. The average molecular weight is 376 g/mol. The summed E-state index contributed by atoms with van der Waals surface area (Å²) in [5, 5.41) is 13.9. The second-order valence-corrected chi connectivity index (χ2v) is 8.67. The summed E-state index contributed by atoms with van der Waals surface area (Å²) in [6.45, 7) is 0.667. The van der Waals surface area contributed by atoms with Gasteiger partial charge in [0.1, 0.15) is 6.33 Å². The summed E-state index contributed by atoms with van der Waals surface area (Å²) in [5.74, 6) is -0.305. The predicted molar refractivity (Wildman–Crippen MR) is 91.8 cm³/mol. The lowest BCUT2D eigenvalue weighted by Gasteiger charge is -2.31. The number of sulfonamides is 1. The Labute approximate surface area is 151 Å². The summed E-state index contributed by atoms with van der Waals surface area (Å²) >= 11 is 0. The standard InChI is InChI=1S/C16H20N6O3S/c23-16(18-13-3-4-13)12-2-1-9-21(10-12)26(24,25)15-7-5-14(6-8-15)22-11-17-19-20-22/h5-8,11-13H,1-4,9-10H2,(H,18,23)/t12-/m0/s1. The van der Waals surface area contributed by atoms with Crippen LogP contribution in [-0.4, -0.2) is 58.0 Å². The van der Waals surface area contributed by atoms with Gasteiger partial charge in [0.15, 0.2) is 0 Å². The van der Waals surface area contributed by atoms with E-state index in [0.717, 1.165) is 19.3 Å². The number of amides is 1. The molecule has 4 rings (SSSR count). The molecule has 1 saturated heterocycles. The first-order valence-corrected chi connectivity index (χ1v) is 10.1. The van der Waals surface area contributed by atoms with Crippen LogP contribution in [0, 0.1) is 5.92 Å². The fourth-order valence-electron chi connectivity index (χ4n) is 3.12. The van der Waals surface area contributed by atoms with Crippen LogP contribution in [0.1, 0.15) is 25.7 Å². The van der Waals surface area contributed by atoms with Crippen LogP contribution in [0.3, 0.4) is 0 Å². The van der Waals surface area contributed by atoms with Crippen molar-refractivity contribution in [3.05, 3.63) is 30.6 Å². The first-order chi connectivity index (χ1) is 12.5. The maximum absolute atomic E-state index is 12.9. The number of carbonyl (C=O) groups is 1. The number of hydrogen-bond acceptors (Lipinski definition) is 6. The molecule has 1 atom stereocenters. The van der Waals surface area contributed by atoms with Crippen LogP contribution in [0.2, 0.25) is 0 Å². The number of rotatable bonds is 5. The molecule has 1 aliphatic carbocycles. The number of carbonyl (C=O) groups excluding carboxylic acids is 1. The van der Waals surface area contributed by atoms with Crippen molar-refractivity contribution in [1.82, 2.24) is 29.8 Å². The van der Waals surface area contributed by atoms with Gasteiger partial charge in [0.05, 0.1) is 16.5 Å². The van der Waals surface area contributed by atoms with Crippen LogP contribution < -0.4 is 5.32 Å². The van der Waals surface area contributed by atoms with E-state index < -0.39 is 10.0 Å². The summed E-state index contributed by atoms with van der Waals surface area (Å²) < 4.78 is 28.7. The maximum atomic E-state index is 12.9. The van der Waals surface area contributed by atoms with Crippen LogP contribution in [0.4, 0.5) is 0 Å². The Bertz CT molecular complexity index is 877. The van der Waals surface area contributed by atoms with Crippen LogP contribution in [0.25, 0.3) is 5.69 Å². The fraction of sp³-hybridized carbons (Fsp3) is 0.500. The molecule has 1 amide bonds. The number of tetrazole rings is 1. The summed E-state index contributed by atoms with van der Waals surface area (Å²) in [4.78, 5) is 12.5. The highest BCUT2D eigenvalue weighted by molar-refractivity contribution is 7.89. The van der Waals surface area contributed by atoms with Crippen LogP contribution in [0.5, 0.6) is 0 Å². The quantitative estimate of drug-likeness (QED) is 0.806. The molecule has 138 valence electrons. The number of aromatic nitrogens is 4. The molecule has 2 aromatic rings. The van der Waals surface area contributed by atoms with E-state index in [2.05, 4.69) is 20.8 Å². The van der Waals surface area contributed by atoms with Crippen LogP contribution in [-0.2, 0) is 14.8 Å². The molecule has 10 heteroatoms. The minimum Gasteiger partial charge on any atom is -0.353 e. The van der Waals surface area contributed by atoms with E-state index in [1.807, 2.05) is 0 Å². The van der Waals surface area contributed by atoms with Gasteiger partial charge in [0, 0.05) is 19.1 Å². The Hall–Kier alpha value is -2.33. The summed E-state index contributed by atoms with van der Waals surface area (Å²) in [6.07, 6.45) is 4.90. The van der Waals surface area contributed by atoms with Gasteiger partial charge in [-0.25, -0.2) is 13.1 Å². The fourth-order valence-corrected chi connectivity index (χ4v) is 4.64. The first-order valence-electron chi connectivity index (χ1n) is 8.68. The maximum Gasteiger partial charge on any atom is 0.243 e. The van der Waals surface area contributed by atoms with Crippen molar-refractivity contribution >= 4 is 15.9 Å². The Balaban J connectivity index is 1.49. The van der Waals surface area contributed by atoms with Gasteiger partial charge in [-0.1, -0.05) is 0 Å². The molecule has 0 spiro atoms. The van der Waals surface area contributed by atoms with Gasteiger partial charge in [-0.05, 0) is 60.4 Å². The van der Waals surface area contributed by atoms with Gasteiger partial charge < -0.3 is 5.32 Å². The van der Waals surface area contributed by atoms with Gasteiger partial charge in [0.25, 0.3) is 0 Å². The molecule has 0 unspecified atom stereocenters. The van der Waals surface area contributed by atoms with Gasteiger partial charge in [0.2, 0.25) is 15.9 Å². The lowest BCUT2D eigenvalue weighted by molar-refractivity contribution is -0.126. The van der Waals surface area contributed by atoms with Gasteiger partial charge >= 0.3 is 0 Å². The van der Waals surface area contributed by atoms with E-state index in [-0.39, 0.29) is 29.3 Å². The minimum absolute atomic E-state index is 0.0265. The minimum atomic E-state index is -3.63. The molecule has 2 fully saturated rings. The number of benzene rings is 1. The lowest BCUT2D eigenvalue weighted by Crippen LogP contribution is -2.45. The third kappa shape index (κ3) is 3.47. The van der Waals surface area contributed by atoms with E-state index in [0.29, 0.717) is 18.7 Å². The normalized spacial score (nSPS) is 21.5. The molecule has 1 saturated carbocycles. The largest absolute Gasteiger partial charge is 0.353 e. The van der Waals surface area contributed by atoms with Crippen molar-refractivity contribution in [3.63, 3.8) is 0 Å². The monoisotopic (exact) mass is 376 g/mol. The zero-order chi connectivity index (χ0) is 18.1.